The highest BCUT2D eigenvalue weighted by atomic mass is 16.5. The number of rotatable bonds is 7. The van der Waals surface area contributed by atoms with Crippen molar-refractivity contribution in [3.63, 3.8) is 0 Å². The number of methoxy groups -OCH3 is 1. The normalized spacial score (nSPS) is 11.2. The molecule has 0 radical (unpaired) electrons. The van der Waals surface area contributed by atoms with Gasteiger partial charge in [-0.1, -0.05) is 0 Å². The second-order valence-corrected chi connectivity index (χ2v) is 4.13. The van der Waals surface area contributed by atoms with E-state index in [4.69, 9.17) is 21.0 Å². The van der Waals surface area contributed by atoms with E-state index < -0.39 is 0 Å². The maximum Gasteiger partial charge on any atom is 0.159 e. The molecule has 8 heteroatoms. The lowest BCUT2D eigenvalue weighted by Gasteiger charge is -2.21. The number of nitrogens with two attached hydrogens (primary N) is 1. The third kappa shape index (κ3) is 3.97. The van der Waals surface area contributed by atoms with Crippen molar-refractivity contribution in [2.45, 2.75) is 13.0 Å². The highest BCUT2D eigenvalue weighted by Crippen LogP contribution is 2.26. The lowest BCUT2D eigenvalue weighted by Crippen LogP contribution is -2.27. The van der Waals surface area contributed by atoms with Crippen LogP contribution in [-0.2, 0) is 4.74 Å². The van der Waals surface area contributed by atoms with Crippen LogP contribution in [0.25, 0.3) is 0 Å². The number of aromatic nitrogens is 2. The number of ether oxygens (including phenoxy) is 1. The highest BCUT2D eigenvalue weighted by molar-refractivity contribution is 5.75. The number of anilines is 3. The van der Waals surface area contributed by atoms with E-state index in [1.54, 1.807) is 7.11 Å². The summed E-state index contributed by atoms with van der Waals surface area (Å²) in [6.07, 6.45) is 1.34. The summed E-state index contributed by atoms with van der Waals surface area (Å²) < 4.78 is 5.03. The minimum Gasteiger partial charge on any atom is -0.393 e. The van der Waals surface area contributed by atoms with Crippen LogP contribution in [0, 0.1) is 22.7 Å². The van der Waals surface area contributed by atoms with Crippen molar-refractivity contribution in [3.8, 4) is 12.1 Å². The standard InChI is InChI=1S/C12H17N7O/c1-9(7-20-2)18-11-10(15)12(17-8-16-11)19(5-3-13)6-4-14/h8-9H,5-7,15H2,1-2H3,(H,16,17,18). The van der Waals surface area contributed by atoms with Gasteiger partial charge in [-0.05, 0) is 6.92 Å². The van der Waals surface area contributed by atoms with Crippen molar-refractivity contribution in [2.75, 3.05) is 42.8 Å². The molecule has 0 saturated carbocycles. The van der Waals surface area contributed by atoms with E-state index in [1.165, 1.54) is 11.2 Å². The second-order valence-electron chi connectivity index (χ2n) is 4.13. The van der Waals surface area contributed by atoms with Gasteiger partial charge in [0.1, 0.15) is 25.1 Å². The molecule has 1 unspecified atom stereocenters. The first-order valence-electron chi connectivity index (χ1n) is 5.98. The highest BCUT2D eigenvalue weighted by Gasteiger charge is 2.15. The molecule has 1 atom stereocenters. The molecule has 0 aliphatic carbocycles. The van der Waals surface area contributed by atoms with Crippen molar-refractivity contribution in [1.29, 1.82) is 10.5 Å². The number of nitrogen functional groups attached to an aromatic ring is 1. The molecule has 0 aliphatic rings. The van der Waals surface area contributed by atoms with Crippen LogP contribution in [0.5, 0.6) is 0 Å². The zero-order valence-electron chi connectivity index (χ0n) is 11.5. The molecule has 0 aromatic carbocycles. The third-order valence-corrected chi connectivity index (χ3v) is 2.49. The van der Waals surface area contributed by atoms with Gasteiger partial charge in [-0.3, -0.25) is 0 Å². The molecule has 0 saturated heterocycles. The molecule has 1 aromatic heterocycles. The fourth-order valence-electron chi connectivity index (χ4n) is 1.65. The summed E-state index contributed by atoms with van der Waals surface area (Å²) in [6.45, 7) is 2.48. The van der Waals surface area contributed by atoms with Crippen LogP contribution in [0.1, 0.15) is 6.92 Å². The van der Waals surface area contributed by atoms with Crippen molar-refractivity contribution in [2.24, 2.45) is 0 Å². The van der Waals surface area contributed by atoms with Crippen LogP contribution in [0.3, 0.4) is 0 Å². The third-order valence-electron chi connectivity index (χ3n) is 2.49. The maximum absolute atomic E-state index is 8.78. The SMILES string of the molecule is COCC(C)Nc1ncnc(N(CC#N)CC#N)c1N. The molecule has 0 aliphatic heterocycles. The zero-order valence-corrected chi connectivity index (χ0v) is 11.5. The van der Waals surface area contributed by atoms with E-state index in [9.17, 15) is 0 Å². The smallest absolute Gasteiger partial charge is 0.159 e. The molecule has 1 aromatic rings. The van der Waals surface area contributed by atoms with Crippen molar-refractivity contribution >= 4 is 17.3 Å². The molecule has 106 valence electrons. The average Bonchev–Trinajstić information content (AvgIpc) is 2.41. The zero-order chi connectivity index (χ0) is 15.0. The summed E-state index contributed by atoms with van der Waals surface area (Å²) >= 11 is 0. The lowest BCUT2D eigenvalue weighted by molar-refractivity contribution is 0.190. The Kier molecular flexibility index (Phi) is 6.01. The van der Waals surface area contributed by atoms with Gasteiger partial charge in [0.05, 0.1) is 18.7 Å². The van der Waals surface area contributed by atoms with Crippen molar-refractivity contribution in [1.82, 2.24) is 9.97 Å². The van der Waals surface area contributed by atoms with E-state index in [1.807, 2.05) is 19.1 Å². The van der Waals surface area contributed by atoms with E-state index in [2.05, 4.69) is 15.3 Å². The Labute approximate surface area is 117 Å². The Morgan fingerprint density at radius 2 is 2.05 bits per heavy atom. The molecular formula is C12H17N7O. The second kappa shape index (κ2) is 7.77. The van der Waals surface area contributed by atoms with Gasteiger partial charge in [-0.15, -0.1) is 0 Å². The number of hydrogen-bond donors (Lipinski definition) is 2. The number of hydrogen-bond acceptors (Lipinski definition) is 8. The van der Waals surface area contributed by atoms with Crippen LogP contribution < -0.4 is 16.0 Å². The summed E-state index contributed by atoms with van der Waals surface area (Å²) in [6, 6.07) is 3.97. The Hall–Kier alpha value is -2.58. The quantitative estimate of drug-likeness (QED) is 0.683. The van der Waals surface area contributed by atoms with Gasteiger partial charge >= 0.3 is 0 Å². The Morgan fingerprint density at radius 1 is 1.40 bits per heavy atom. The summed E-state index contributed by atoms with van der Waals surface area (Å²) in [5.41, 5.74) is 6.31. The van der Waals surface area contributed by atoms with Crippen LogP contribution in [0.4, 0.5) is 17.3 Å². The van der Waals surface area contributed by atoms with Gasteiger partial charge in [-0.25, -0.2) is 9.97 Å². The summed E-state index contributed by atoms with van der Waals surface area (Å²) in [7, 11) is 1.61. The van der Waals surface area contributed by atoms with Crippen molar-refractivity contribution in [3.05, 3.63) is 6.33 Å². The Balaban J connectivity index is 2.99. The largest absolute Gasteiger partial charge is 0.393 e. The van der Waals surface area contributed by atoms with E-state index in [0.29, 0.717) is 23.9 Å². The van der Waals surface area contributed by atoms with Gasteiger partial charge in [0.25, 0.3) is 0 Å². The molecule has 0 spiro atoms. The van der Waals surface area contributed by atoms with Crippen molar-refractivity contribution < 1.29 is 4.74 Å². The molecule has 20 heavy (non-hydrogen) atoms. The van der Waals surface area contributed by atoms with E-state index in [-0.39, 0.29) is 19.1 Å². The van der Waals surface area contributed by atoms with Gasteiger partial charge in [0, 0.05) is 13.2 Å². The van der Waals surface area contributed by atoms with Gasteiger partial charge in [-0.2, -0.15) is 10.5 Å². The molecule has 3 N–H and O–H groups in total. The van der Waals surface area contributed by atoms with Gasteiger partial charge < -0.3 is 20.7 Å². The molecule has 1 heterocycles. The Bertz CT molecular complexity index is 504. The first-order valence-corrected chi connectivity index (χ1v) is 5.98. The van der Waals surface area contributed by atoms with E-state index >= 15 is 0 Å². The van der Waals surface area contributed by atoms with Crippen LogP contribution in [0.15, 0.2) is 6.33 Å². The lowest BCUT2D eigenvalue weighted by atomic mass is 10.3. The van der Waals surface area contributed by atoms with E-state index in [0.717, 1.165) is 0 Å². The first-order chi connectivity index (χ1) is 9.63. The topological polar surface area (TPSA) is 124 Å². The minimum atomic E-state index is 0.0189. The summed E-state index contributed by atoms with van der Waals surface area (Å²) in [5.74, 6) is 0.829. The molecule has 8 nitrogen and oxygen atoms in total. The monoisotopic (exact) mass is 275 g/mol. The predicted octanol–water partition coefficient (Wildman–Crippen LogP) is 0.359. The van der Waals surface area contributed by atoms with Crippen LogP contribution >= 0.6 is 0 Å². The minimum absolute atomic E-state index is 0.0189. The van der Waals surface area contributed by atoms with Gasteiger partial charge in [0.2, 0.25) is 0 Å². The first kappa shape index (κ1) is 15.5. The molecule has 0 amide bonds. The average molecular weight is 275 g/mol. The Morgan fingerprint density at radius 3 is 2.60 bits per heavy atom. The predicted molar refractivity (Wildman–Crippen MR) is 74.8 cm³/mol. The molecule has 1 rings (SSSR count). The van der Waals surface area contributed by atoms with Crippen LogP contribution in [0.2, 0.25) is 0 Å². The summed E-state index contributed by atoms with van der Waals surface area (Å²) in [4.78, 5) is 9.60. The number of nitrogens with one attached hydrogen (secondary N) is 1. The molecule has 0 fully saturated rings. The maximum atomic E-state index is 8.78. The number of nitrogens with zero attached hydrogens (tertiary/aromatic N) is 5. The molecular weight excluding hydrogens is 258 g/mol. The number of nitriles is 2. The fraction of sp³-hybridized carbons (Fsp3) is 0.500. The molecule has 0 bridgehead atoms. The van der Waals surface area contributed by atoms with Gasteiger partial charge in [0.15, 0.2) is 11.6 Å². The van der Waals surface area contributed by atoms with Crippen LogP contribution in [-0.4, -0.2) is 42.8 Å². The fourth-order valence-corrected chi connectivity index (χ4v) is 1.65. The summed E-state index contributed by atoms with van der Waals surface area (Å²) in [5, 5.41) is 20.7.